The van der Waals surface area contributed by atoms with Gasteiger partial charge in [-0.05, 0) is 123 Å². The molecule has 1 heterocycles. The second-order valence-electron chi connectivity index (χ2n) is 17.2. The van der Waals surface area contributed by atoms with Gasteiger partial charge in [-0.2, -0.15) is 0 Å². The number of likely N-dealkylation sites (tertiary alicyclic amines) is 1. The molecule has 0 N–H and O–H groups in total. The molecular formula is C36H59NO2. The van der Waals surface area contributed by atoms with Gasteiger partial charge in [0.05, 0.1) is 12.7 Å². The fraction of sp³-hybridized carbons (Fsp3) is 0.917. The van der Waals surface area contributed by atoms with Crippen molar-refractivity contribution < 1.29 is 9.53 Å². The number of ketones is 1. The summed E-state index contributed by atoms with van der Waals surface area (Å²) in [4.78, 5) is 16.0. The molecule has 6 rings (SSSR count). The second kappa shape index (κ2) is 9.16. The fourth-order valence-electron chi connectivity index (χ4n) is 12.6. The average molecular weight is 538 g/mol. The number of carbonyl (C=O) groups excluding carboxylic acids is 1. The van der Waals surface area contributed by atoms with Crippen LogP contribution in [0.4, 0.5) is 0 Å². The van der Waals surface area contributed by atoms with E-state index in [0.29, 0.717) is 33.9 Å². The zero-order chi connectivity index (χ0) is 28.1. The molecule has 220 valence electrons. The number of carbonyl (C=O) groups is 1. The number of hydrogen-bond acceptors (Lipinski definition) is 3. The molecule has 0 amide bonds. The van der Waals surface area contributed by atoms with Crippen LogP contribution in [-0.4, -0.2) is 43.0 Å². The number of hydrogen-bond donors (Lipinski definition) is 0. The van der Waals surface area contributed by atoms with Crippen LogP contribution < -0.4 is 0 Å². The van der Waals surface area contributed by atoms with Gasteiger partial charge in [0.2, 0.25) is 0 Å². The van der Waals surface area contributed by atoms with Crippen LogP contribution in [0.2, 0.25) is 0 Å². The van der Waals surface area contributed by atoms with Crippen LogP contribution in [0.5, 0.6) is 0 Å². The summed E-state index contributed by atoms with van der Waals surface area (Å²) in [6.45, 7) is 26.6. The summed E-state index contributed by atoms with van der Waals surface area (Å²) < 4.78 is 7.04. The van der Waals surface area contributed by atoms with Gasteiger partial charge in [0.15, 0.2) is 0 Å². The molecule has 1 aliphatic heterocycles. The number of Topliss-reactive ketones (excluding diaryl/α,β-unsaturated/α-hetero) is 1. The third-order valence-corrected chi connectivity index (χ3v) is 15.3. The van der Waals surface area contributed by atoms with Gasteiger partial charge in [-0.3, -0.25) is 4.79 Å². The Morgan fingerprint density at radius 2 is 1.59 bits per heavy atom. The van der Waals surface area contributed by atoms with E-state index in [2.05, 4.69) is 53.4 Å². The maximum Gasteiger partial charge on any atom is 0.138 e. The van der Waals surface area contributed by atoms with E-state index in [-0.39, 0.29) is 22.3 Å². The summed E-state index contributed by atoms with van der Waals surface area (Å²) >= 11 is 0. The lowest BCUT2D eigenvalue weighted by Gasteiger charge is -2.73. The Labute approximate surface area is 240 Å². The van der Waals surface area contributed by atoms with E-state index in [9.17, 15) is 4.79 Å². The summed E-state index contributed by atoms with van der Waals surface area (Å²) in [5, 5.41) is 0. The number of fused-ring (bicyclic) bond motifs is 5. The Hall–Kier alpha value is -0.670. The van der Waals surface area contributed by atoms with Crippen molar-refractivity contribution in [3.8, 4) is 0 Å². The van der Waals surface area contributed by atoms with Crippen molar-refractivity contribution in [2.75, 3.05) is 26.2 Å². The molecule has 1 saturated heterocycles. The highest BCUT2D eigenvalue weighted by Gasteiger charge is 2.71. The molecule has 5 saturated carbocycles. The third-order valence-electron chi connectivity index (χ3n) is 15.3. The minimum Gasteiger partial charge on any atom is -0.377 e. The standard InChI is InChI=1S/C36H59NO2/c1-25-13-15-31(2,3)36(25)18-17-34(7)26(23-36)11-12-28-33(6)16-14-29(38)32(4,5)30(33)27(24-35(28,34)8)39-22-21-37-19-9-10-20-37/h26-28,30H,1,9-24H2,2-8H3. The van der Waals surface area contributed by atoms with Gasteiger partial charge in [-0.25, -0.2) is 0 Å². The Bertz CT molecular complexity index is 1010. The molecule has 0 bridgehead atoms. The minimum atomic E-state index is -0.299. The molecule has 5 aliphatic carbocycles. The summed E-state index contributed by atoms with van der Waals surface area (Å²) in [7, 11) is 0. The minimum absolute atomic E-state index is 0.169. The highest BCUT2D eigenvalue weighted by Crippen LogP contribution is 2.77. The Balaban J connectivity index is 1.34. The Morgan fingerprint density at radius 3 is 2.26 bits per heavy atom. The number of ether oxygens (including phenoxy) is 1. The summed E-state index contributed by atoms with van der Waals surface area (Å²) in [6, 6.07) is 0. The predicted octanol–water partition coefficient (Wildman–Crippen LogP) is 8.47. The SMILES string of the molecule is C=C1CCC(C)(C)C12CCC1(C)C(CCC3C4(C)CCC(=O)C(C)(C)C4C(OCCN4CCCC4)CC31C)C2. The van der Waals surface area contributed by atoms with Crippen molar-refractivity contribution in [2.24, 2.45) is 50.2 Å². The zero-order valence-electron chi connectivity index (χ0n) is 26.6. The molecule has 0 radical (unpaired) electrons. The van der Waals surface area contributed by atoms with E-state index in [4.69, 9.17) is 11.3 Å². The first-order valence-corrected chi connectivity index (χ1v) is 16.8. The van der Waals surface area contributed by atoms with Gasteiger partial charge < -0.3 is 9.64 Å². The van der Waals surface area contributed by atoms with Crippen LogP contribution in [0.1, 0.15) is 126 Å². The zero-order valence-corrected chi connectivity index (χ0v) is 26.6. The first kappa shape index (κ1) is 28.4. The number of allylic oxidation sites excluding steroid dienone is 1. The molecule has 0 aromatic heterocycles. The van der Waals surface area contributed by atoms with E-state index >= 15 is 0 Å². The van der Waals surface area contributed by atoms with Crippen LogP contribution in [-0.2, 0) is 9.53 Å². The first-order chi connectivity index (χ1) is 18.2. The molecule has 6 fully saturated rings. The van der Waals surface area contributed by atoms with E-state index < -0.39 is 0 Å². The van der Waals surface area contributed by atoms with E-state index in [0.717, 1.165) is 38.3 Å². The first-order valence-electron chi connectivity index (χ1n) is 16.8. The lowest BCUT2D eigenvalue weighted by molar-refractivity contribution is -0.259. The lowest BCUT2D eigenvalue weighted by atomic mass is 9.32. The van der Waals surface area contributed by atoms with Crippen LogP contribution >= 0.6 is 0 Å². The monoisotopic (exact) mass is 537 g/mol. The molecule has 1 spiro atoms. The van der Waals surface area contributed by atoms with Crippen LogP contribution in [0.25, 0.3) is 0 Å². The average Bonchev–Trinajstić information content (AvgIpc) is 3.45. The van der Waals surface area contributed by atoms with Gasteiger partial charge in [0.1, 0.15) is 5.78 Å². The van der Waals surface area contributed by atoms with Gasteiger partial charge in [0, 0.05) is 24.3 Å². The molecule has 8 unspecified atom stereocenters. The Morgan fingerprint density at radius 1 is 0.872 bits per heavy atom. The van der Waals surface area contributed by atoms with Crippen molar-refractivity contribution in [2.45, 2.75) is 132 Å². The normalized spacial score (nSPS) is 49.1. The van der Waals surface area contributed by atoms with Gasteiger partial charge in [-0.1, -0.05) is 60.6 Å². The molecule has 8 atom stereocenters. The third kappa shape index (κ3) is 3.83. The number of nitrogens with zero attached hydrogens (tertiary/aromatic N) is 1. The van der Waals surface area contributed by atoms with Gasteiger partial charge in [-0.15, -0.1) is 0 Å². The molecule has 3 heteroatoms. The summed E-state index contributed by atoms with van der Waals surface area (Å²) in [5.41, 5.74) is 2.73. The molecule has 6 aliphatic rings. The highest BCUT2D eigenvalue weighted by molar-refractivity contribution is 5.85. The maximum absolute atomic E-state index is 13.4. The lowest BCUT2D eigenvalue weighted by Crippen LogP contribution is -2.69. The predicted molar refractivity (Wildman–Crippen MR) is 161 cm³/mol. The van der Waals surface area contributed by atoms with E-state index in [1.165, 1.54) is 70.9 Å². The highest BCUT2D eigenvalue weighted by atomic mass is 16.5. The van der Waals surface area contributed by atoms with Crippen molar-refractivity contribution >= 4 is 5.78 Å². The number of rotatable bonds is 4. The smallest absolute Gasteiger partial charge is 0.138 e. The van der Waals surface area contributed by atoms with Crippen molar-refractivity contribution in [1.29, 1.82) is 0 Å². The van der Waals surface area contributed by atoms with Crippen LogP contribution in [0, 0.1) is 50.2 Å². The summed E-state index contributed by atoms with van der Waals surface area (Å²) in [5.74, 6) is 2.25. The quantitative estimate of drug-likeness (QED) is 0.337. The van der Waals surface area contributed by atoms with Crippen LogP contribution in [0.3, 0.4) is 0 Å². The summed E-state index contributed by atoms with van der Waals surface area (Å²) in [6.07, 6.45) is 15.0. The molecule has 0 aromatic rings. The Kier molecular flexibility index (Phi) is 6.68. The molecule has 0 aromatic carbocycles. The largest absolute Gasteiger partial charge is 0.377 e. The molecule has 3 nitrogen and oxygen atoms in total. The van der Waals surface area contributed by atoms with Crippen molar-refractivity contribution in [3.63, 3.8) is 0 Å². The molecule has 39 heavy (non-hydrogen) atoms. The fourth-order valence-corrected chi connectivity index (χ4v) is 12.6. The second-order valence-corrected chi connectivity index (χ2v) is 17.2. The molecular weight excluding hydrogens is 478 g/mol. The van der Waals surface area contributed by atoms with E-state index in [1.807, 2.05) is 0 Å². The van der Waals surface area contributed by atoms with Crippen molar-refractivity contribution in [3.05, 3.63) is 12.2 Å². The topological polar surface area (TPSA) is 29.5 Å². The maximum atomic E-state index is 13.4. The van der Waals surface area contributed by atoms with E-state index in [1.54, 1.807) is 5.57 Å². The van der Waals surface area contributed by atoms with Gasteiger partial charge in [0.25, 0.3) is 0 Å². The van der Waals surface area contributed by atoms with Crippen molar-refractivity contribution in [1.82, 2.24) is 4.90 Å². The van der Waals surface area contributed by atoms with Crippen LogP contribution in [0.15, 0.2) is 12.2 Å². The van der Waals surface area contributed by atoms with Gasteiger partial charge >= 0.3 is 0 Å².